The van der Waals surface area contributed by atoms with Crippen LogP contribution < -0.4 is 10.7 Å². The number of carbonyl (C=O) groups excluding carboxylic acids is 3. The summed E-state index contributed by atoms with van der Waals surface area (Å²) in [6.07, 6.45) is 2.26. The first-order valence-electron chi connectivity index (χ1n) is 9.63. The number of amides is 4. The van der Waals surface area contributed by atoms with Crippen LogP contribution in [0.4, 0.5) is 9.18 Å². The van der Waals surface area contributed by atoms with Crippen molar-refractivity contribution >= 4 is 29.6 Å². The van der Waals surface area contributed by atoms with Crippen molar-refractivity contribution in [3.63, 3.8) is 0 Å². The molecule has 0 radical (unpaired) electrons. The average Bonchev–Trinajstić information content (AvgIpc) is 3.44. The molecule has 0 spiro atoms. The fourth-order valence-electron chi connectivity index (χ4n) is 3.18. The lowest BCUT2D eigenvalue weighted by Crippen LogP contribution is -2.49. The van der Waals surface area contributed by atoms with Crippen molar-refractivity contribution in [1.82, 2.24) is 30.5 Å². The van der Waals surface area contributed by atoms with Crippen LogP contribution in [0.5, 0.6) is 0 Å². The van der Waals surface area contributed by atoms with Crippen LogP contribution in [0.3, 0.4) is 0 Å². The van der Waals surface area contributed by atoms with E-state index in [0.717, 1.165) is 24.6 Å². The topological polar surface area (TPSA) is 109 Å². The fourth-order valence-corrected chi connectivity index (χ4v) is 3.97. The Morgan fingerprint density at radius 1 is 1.33 bits per heavy atom. The number of rotatable bonds is 7. The lowest BCUT2D eigenvalue weighted by atomic mass is 10.00. The van der Waals surface area contributed by atoms with Crippen LogP contribution >= 0.6 is 11.8 Å². The molecule has 1 atom stereocenters. The second-order valence-electron chi connectivity index (χ2n) is 7.47. The SMILES string of the molecule is CC[C@]1(C)NC(=O)N(NC(=O)CSc2nnc(-c3ccccc3F)n2C2CC2)C1=O. The Hall–Kier alpha value is -2.95. The van der Waals surface area contributed by atoms with Crippen LogP contribution in [-0.4, -0.2) is 48.9 Å². The molecule has 2 aromatic rings. The van der Waals surface area contributed by atoms with Gasteiger partial charge in [-0.25, -0.2) is 9.18 Å². The molecule has 0 unspecified atom stereocenters. The summed E-state index contributed by atoms with van der Waals surface area (Å²) in [4.78, 5) is 36.8. The highest BCUT2D eigenvalue weighted by molar-refractivity contribution is 7.99. The quantitative estimate of drug-likeness (QED) is 0.513. The monoisotopic (exact) mass is 432 g/mol. The third-order valence-electron chi connectivity index (χ3n) is 5.23. The maximum absolute atomic E-state index is 14.2. The van der Waals surface area contributed by atoms with E-state index in [1.54, 1.807) is 32.0 Å². The Morgan fingerprint density at radius 2 is 2.07 bits per heavy atom. The van der Waals surface area contributed by atoms with E-state index in [-0.39, 0.29) is 11.8 Å². The van der Waals surface area contributed by atoms with Crippen LogP contribution in [0, 0.1) is 5.82 Å². The summed E-state index contributed by atoms with van der Waals surface area (Å²) in [6, 6.07) is 5.84. The zero-order valence-electron chi connectivity index (χ0n) is 16.5. The number of hydrogen-bond acceptors (Lipinski definition) is 6. The van der Waals surface area contributed by atoms with Gasteiger partial charge in [0.05, 0.1) is 11.3 Å². The van der Waals surface area contributed by atoms with Gasteiger partial charge in [-0.15, -0.1) is 10.2 Å². The van der Waals surface area contributed by atoms with Crippen molar-refractivity contribution in [1.29, 1.82) is 0 Å². The molecule has 2 fully saturated rings. The van der Waals surface area contributed by atoms with Gasteiger partial charge in [0, 0.05) is 6.04 Å². The Kier molecular flexibility index (Phi) is 5.22. The third kappa shape index (κ3) is 3.64. The van der Waals surface area contributed by atoms with Gasteiger partial charge >= 0.3 is 6.03 Å². The van der Waals surface area contributed by atoms with E-state index >= 15 is 0 Å². The van der Waals surface area contributed by atoms with E-state index in [2.05, 4.69) is 20.9 Å². The molecule has 11 heteroatoms. The third-order valence-corrected chi connectivity index (χ3v) is 6.17. The summed E-state index contributed by atoms with van der Waals surface area (Å²) in [5.41, 5.74) is 1.67. The van der Waals surface area contributed by atoms with Gasteiger partial charge in [-0.2, -0.15) is 5.01 Å². The number of nitrogens with zero attached hydrogens (tertiary/aromatic N) is 4. The average molecular weight is 432 g/mol. The minimum Gasteiger partial charge on any atom is -0.322 e. The molecule has 1 saturated carbocycles. The molecule has 1 aromatic heterocycles. The summed E-state index contributed by atoms with van der Waals surface area (Å²) in [6.45, 7) is 3.38. The maximum atomic E-state index is 14.2. The Morgan fingerprint density at radius 3 is 2.70 bits per heavy atom. The van der Waals surface area contributed by atoms with Crippen molar-refractivity contribution in [2.45, 2.75) is 49.8 Å². The molecule has 1 saturated heterocycles. The highest BCUT2D eigenvalue weighted by atomic mass is 32.2. The molecule has 9 nitrogen and oxygen atoms in total. The standard InChI is InChI=1S/C19H21FN6O3S/c1-3-19(2)16(28)26(17(29)21-19)24-14(27)10-30-18-23-22-15(25(18)11-8-9-11)12-6-4-5-7-13(12)20/h4-7,11H,3,8-10H2,1-2H3,(H,21,29)(H,24,27)/t19-/m0/s1. The number of nitrogens with one attached hydrogen (secondary N) is 2. The van der Waals surface area contributed by atoms with Crippen LogP contribution in [0.2, 0.25) is 0 Å². The zero-order chi connectivity index (χ0) is 21.5. The van der Waals surface area contributed by atoms with Gasteiger partial charge in [0.1, 0.15) is 11.4 Å². The van der Waals surface area contributed by atoms with Crippen molar-refractivity contribution < 1.29 is 18.8 Å². The Balaban J connectivity index is 1.46. The zero-order valence-corrected chi connectivity index (χ0v) is 17.3. The summed E-state index contributed by atoms with van der Waals surface area (Å²) in [7, 11) is 0. The lowest BCUT2D eigenvalue weighted by molar-refractivity contribution is -0.137. The molecule has 0 bridgehead atoms. The van der Waals surface area contributed by atoms with Gasteiger partial charge in [0.15, 0.2) is 11.0 Å². The minimum absolute atomic E-state index is 0.0813. The molecule has 2 N–H and O–H groups in total. The van der Waals surface area contributed by atoms with Crippen molar-refractivity contribution in [2.24, 2.45) is 0 Å². The number of imide groups is 1. The number of hydrazine groups is 1. The molecule has 1 aliphatic carbocycles. The van der Waals surface area contributed by atoms with Gasteiger partial charge in [-0.3, -0.25) is 19.6 Å². The van der Waals surface area contributed by atoms with Gasteiger partial charge in [0.25, 0.3) is 5.91 Å². The first-order valence-corrected chi connectivity index (χ1v) is 10.6. The number of thioether (sulfide) groups is 1. The molecule has 2 aliphatic rings. The van der Waals surface area contributed by atoms with Gasteiger partial charge in [0.2, 0.25) is 5.91 Å². The Labute approximate surface area is 176 Å². The Bertz CT molecular complexity index is 1020. The van der Waals surface area contributed by atoms with Gasteiger partial charge in [-0.05, 0) is 38.3 Å². The predicted octanol–water partition coefficient (Wildman–Crippen LogP) is 2.26. The molecule has 2 heterocycles. The minimum atomic E-state index is -1.03. The highest BCUT2D eigenvalue weighted by Crippen LogP contribution is 2.41. The van der Waals surface area contributed by atoms with Crippen molar-refractivity contribution in [3.8, 4) is 11.4 Å². The first-order chi connectivity index (χ1) is 14.3. The molecule has 30 heavy (non-hydrogen) atoms. The van der Waals surface area contributed by atoms with E-state index in [1.807, 2.05) is 4.57 Å². The fraction of sp³-hybridized carbons (Fsp3) is 0.421. The van der Waals surface area contributed by atoms with E-state index in [4.69, 9.17) is 0 Å². The van der Waals surface area contributed by atoms with E-state index in [1.165, 1.54) is 6.07 Å². The van der Waals surface area contributed by atoms with Gasteiger partial charge < -0.3 is 5.32 Å². The second-order valence-corrected chi connectivity index (χ2v) is 8.41. The van der Waals surface area contributed by atoms with E-state index in [0.29, 0.717) is 28.0 Å². The number of halogens is 1. The molecule has 1 aromatic carbocycles. The van der Waals surface area contributed by atoms with Gasteiger partial charge in [-0.1, -0.05) is 30.8 Å². The van der Waals surface area contributed by atoms with Crippen molar-refractivity contribution in [2.75, 3.05) is 5.75 Å². The number of benzene rings is 1. The van der Waals surface area contributed by atoms with E-state index < -0.39 is 29.2 Å². The molecule has 158 valence electrons. The smallest absolute Gasteiger partial charge is 0.322 e. The summed E-state index contributed by atoms with van der Waals surface area (Å²) < 4.78 is 16.1. The molecular formula is C19H21FN6O3S. The van der Waals surface area contributed by atoms with Crippen LogP contribution in [0.1, 0.15) is 39.2 Å². The number of carbonyl (C=O) groups is 3. The molecule has 1 aliphatic heterocycles. The van der Waals surface area contributed by atoms with Crippen LogP contribution in [0.25, 0.3) is 11.4 Å². The largest absolute Gasteiger partial charge is 0.344 e. The van der Waals surface area contributed by atoms with E-state index in [9.17, 15) is 18.8 Å². The number of hydrogen-bond donors (Lipinski definition) is 2. The number of urea groups is 1. The summed E-state index contributed by atoms with van der Waals surface area (Å²) in [5.74, 6) is -1.08. The lowest BCUT2D eigenvalue weighted by Gasteiger charge is -2.19. The normalized spacial score (nSPS) is 21.1. The molecular weight excluding hydrogens is 411 g/mol. The number of aromatic nitrogens is 3. The summed E-state index contributed by atoms with van der Waals surface area (Å²) in [5, 5.41) is 12.0. The van der Waals surface area contributed by atoms with Crippen molar-refractivity contribution in [3.05, 3.63) is 30.1 Å². The predicted molar refractivity (Wildman–Crippen MR) is 107 cm³/mol. The van der Waals surface area contributed by atoms with Crippen LogP contribution in [0.15, 0.2) is 29.4 Å². The second kappa shape index (κ2) is 7.71. The molecule has 4 amide bonds. The van der Waals surface area contributed by atoms with Crippen LogP contribution in [-0.2, 0) is 9.59 Å². The maximum Gasteiger partial charge on any atom is 0.344 e. The summed E-state index contributed by atoms with van der Waals surface area (Å²) >= 11 is 1.12. The molecule has 4 rings (SSSR count). The highest BCUT2D eigenvalue weighted by Gasteiger charge is 2.47. The first kappa shape index (κ1) is 20.3.